The number of fused-ring (bicyclic) bond motifs is 1. The summed E-state index contributed by atoms with van der Waals surface area (Å²) < 4.78 is 2.19. The van der Waals surface area contributed by atoms with Crippen LogP contribution in [0.2, 0.25) is 0 Å². The highest BCUT2D eigenvalue weighted by molar-refractivity contribution is 5.33. The van der Waals surface area contributed by atoms with Crippen LogP contribution in [0.1, 0.15) is 48.5 Å². The van der Waals surface area contributed by atoms with E-state index in [9.17, 15) is 0 Å². The Bertz CT molecular complexity index is 585. The van der Waals surface area contributed by atoms with Crippen molar-refractivity contribution in [2.75, 3.05) is 0 Å². The Hall–Kier alpha value is -1.61. The molecule has 0 radical (unpaired) electrons. The standard InChI is InChI=1S/C18H23N3/c1-2-6-15-12-17(11-14(15)5-1)19-13-16-9-10-21(20-16)18-7-3-4-8-18/h1-2,5-6,9-10,17-19H,3-4,7-8,11-13H2. The first-order valence-corrected chi connectivity index (χ1v) is 8.23. The minimum absolute atomic E-state index is 0.569. The molecule has 110 valence electrons. The fourth-order valence-electron chi connectivity index (χ4n) is 3.80. The monoisotopic (exact) mass is 281 g/mol. The second-order valence-corrected chi connectivity index (χ2v) is 6.48. The summed E-state index contributed by atoms with van der Waals surface area (Å²) in [6, 6.07) is 12.2. The molecule has 0 aliphatic heterocycles. The van der Waals surface area contributed by atoms with Crippen molar-refractivity contribution in [1.82, 2.24) is 15.1 Å². The van der Waals surface area contributed by atoms with E-state index in [4.69, 9.17) is 5.10 Å². The van der Waals surface area contributed by atoms with Crippen LogP contribution in [0, 0.1) is 0 Å². The second-order valence-electron chi connectivity index (χ2n) is 6.48. The van der Waals surface area contributed by atoms with Gasteiger partial charge in [-0.2, -0.15) is 5.10 Å². The van der Waals surface area contributed by atoms with Gasteiger partial charge in [-0.05, 0) is 42.9 Å². The highest BCUT2D eigenvalue weighted by Gasteiger charge is 2.21. The summed E-state index contributed by atoms with van der Waals surface area (Å²) in [6.07, 6.45) is 9.78. The lowest BCUT2D eigenvalue weighted by molar-refractivity contribution is 0.456. The van der Waals surface area contributed by atoms with Crippen molar-refractivity contribution in [3.05, 3.63) is 53.3 Å². The minimum atomic E-state index is 0.569. The normalized spacial score (nSPS) is 19.2. The zero-order chi connectivity index (χ0) is 14.1. The first kappa shape index (κ1) is 13.1. The average molecular weight is 281 g/mol. The summed E-state index contributed by atoms with van der Waals surface area (Å²) >= 11 is 0. The van der Waals surface area contributed by atoms with Crippen molar-refractivity contribution in [3.8, 4) is 0 Å². The Morgan fingerprint density at radius 3 is 2.48 bits per heavy atom. The Kier molecular flexibility index (Phi) is 3.52. The molecule has 0 spiro atoms. The Labute approximate surface area is 126 Å². The van der Waals surface area contributed by atoms with Gasteiger partial charge in [-0.15, -0.1) is 0 Å². The summed E-state index contributed by atoms with van der Waals surface area (Å²) in [4.78, 5) is 0. The van der Waals surface area contributed by atoms with Crippen LogP contribution in [0.5, 0.6) is 0 Å². The molecule has 1 fully saturated rings. The molecule has 1 aromatic heterocycles. The number of aromatic nitrogens is 2. The van der Waals surface area contributed by atoms with Gasteiger partial charge >= 0.3 is 0 Å². The highest BCUT2D eigenvalue weighted by atomic mass is 15.3. The van der Waals surface area contributed by atoms with Gasteiger partial charge in [0.2, 0.25) is 0 Å². The molecule has 4 rings (SSSR count). The molecule has 1 N–H and O–H groups in total. The molecule has 0 bridgehead atoms. The van der Waals surface area contributed by atoms with E-state index in [0.29, 0.717) is 12.1 Å². The molecule has 0 saturated heterocycles. The van der Waals surface area contributed by atoms with Gasteiger partial charge in [-0.1, -0.05) is 37.1 Å². The summed E-state index contributed by atoms with van der Waals surface area (Å²) in [5.74, 6) is 0. The van der Waals surface area contributed by atoms with E-state index < -0.39 is 0 Å². The van der Waals surface area contributed by atoms with Crippen LogP contribution in [0.25, 0.3) is 0 Å². The number of benzene rings is 1. The first-order valence-electron chi connectivity index (χ1n) is 8.23. The van der Waals surface area contributed by atoms with Gasteiger partial charge in [0.25, 0.3) is 0 Å². The lowest BCUT2D eigenvalue weighted by Gasteiger charge is -2.11. The van der Waals surface area contributed by atoms with Crippen molar-refractivity contribution in [2.24, 2.45) is 0 Å². The quantitative estimate of drug-likeness (QED) is 0.932. The molecule has 3 nitrogen and oxygen atoms in total. The molecule has 1 saturated carbocycles. The number of hydrogen-bond acceptors (Lipinski definition) is 2. The zero-order valence-corrected chi connectivity index (χ0v) is 12.5. The van der Waals surface area contributed by atoms with Crippen LogP contribution in [-0.4, -0.2) is 15.8 Å². The van der Waals surface area contributed by atoms with E-state index in [1.54, 1.807) is 0 Å². The summed E-state index contributed by atoms with van der Waals surface area (Å²) in [7, 11) is 0. The molecular formula is C18H23N3. The van der Waals surface area contributed by atoms with Crippen LogP contribution in [0.3, 0.4) is 0 Å². The molecule has 0 amide bonds. The molecule has 3 heteroatoms. The van der Waals surface area contributed by atoms with E-state index >= 15 is 0 Å². The molecule has 0 unspecified atom stereocenters. The fourth-order valence-corrected chi connectivity index (χ4v) is 3.80. The van der Waals surface area contributed by atoms with Crippen molar-refractivity contribution in [3.63, 3.8) is 0 Å². The van der Waals surface area contributed by atoms with E-state index in [0.717, 1.165) is 19.4 Å². The molecule has 21 heavy (non-hydrogen) atoms. The lowest BCUT2D eigenvalue weighted by Crippen LogP contribution is -2.29. The Morgan fingerprint density at radius 2 is 1.76 bits per heavy atom. The second kappa shape index (κ2) is 5.64. The number of rotatable bonds is 4. The van der Waals surface area contributed by atoms with Gasteiger partial charge in [0.15, 0.2) is 0 Å². The van der Waals surface area contributed by atoms with Crippen LogP contribution >= 0.6 is 0 Å². The predicted molar refractivity (Wildman–Crippen MR) is 84.2 cm³/mol. The topological polar surface area (TPSA) is 29.9 Å². The third kappa shape index (κ3) is 2.75. The summed E-state index contributed by atoms with van der Waals surface area (Å²) in [6.45, 7) is 0.887. The van der Waals surface area contributed by atoms with Crippen LogP contribution in [0.4, 0.5) is 0 Å². The molecular weight excluding hydrogens is 258 g/mol. The SMILES string of the molecule is c1ccc2c(c1)CC(NCc1ccn(C3CCCC3)n1)C2. The van der Waals surface area contributed by atoms with Crippen LogP contribution < -0.4 is 5.32 Å². The molecule has 0 atom stereocenters. The largest absolute Gasteiger partial charge is 0.308 e. The average Bonchev–Trinajstić information content (AvgIpc) is 3.23. The van der Waals surface area contributed by atoms with Gasteiger partial charge in [-0.25, -0.2) is 0 Å². The maximum absolute atomic E-state index is 4.76. The van der Waals surface area contributed by atoms with Gasteiger partial charge in [0, 0.05) is 18.8 Å². The Balaban J connectivity index is 1.33. The maximum atomic E-state index is 4.76. The predicted octanol–water partition coefficient (Wildman–Crippen LogP) is 3.26. The molecule has 1 aromatic carbocycles. The zero-order valence-electron chi connectivity index (χ0n) is 12.5. The van der Waals surface area contributed by atoms with Gasteiger partial charge in [-0.3, -0.25) is 4.68 Å². The molecule has 1 heterocycles. The van der Waals surface area contributed by atoms with Gasteiger partial charge in [0.1, 0.15) is 0 Å². The van der Waals surface area contributed by atoms with E-state index in [-0.39, 0.29) is 0 Å². The van der Waals surface area contributed by atoms with Crippen LogP contribution in [-0.2, 0) is 19.4 Å². The third-order valence-corrected chi connectivity index (χ3v) is 4.99. The number of nitrogens with one attached hydrogen (secondary N) is 1. The smallest absolute Gasteiger partial charge is 0.0762 e. The fraction of sp³-hybridized carbons (Fsp3) is 0.500. The number of nitrogens with zero attached hydrogens (tertiary/aromatic N) is 2. The van der Waals surface area contributed by atoms with E-state index in [1.165, 1.54) is 42.5 Å². The summed E-state index contributed by atoms with van der Waals surface area (Å²) in [5, 5.41) is 8.43. The van der Waals surface area contributed by atoms with Crippen molar-refractivity contribution in [1.29, 1.82) is 0 Å². The van der Waals surface area contributed by atoms with Crippen LogP contribution in [0.15, 0.2) is 36.5 Å². The molecule has 2 aliphatic rings. The maximum Gasteiger partial charge on any atom is 0.0762 e. The number of hydrogen-bond donors (Lipinski definition) is 1. The van der Waals surface area contributed by atoms with Gasteiger partial charge in [0.05, 0.1) is 11.7 Å². The lowest BCUT2D eigenvalue weighted by atomic mass is 10.1. The molecule has 2 aliphatic carbocycles. The first-order chi connectivity index (χ1) is 10.4. The van der Waals surface area contributed by atoms with Gasteiger partial charge < -0.3 is 5.32 Å². The van der Waals surface area contributed by atoms with E-state index in [1.807, 2.05) is 0 Å². The highest BCUT2D eigenvalue weighted by Crippen LogP contribution is 2.28. The van der Waals surface area contributed by atoms with E-state index in [2.05, 4.69) is 46.5 Å². The minimum Gasteiger partial charge on any atom is -0.308 e. The Morgan fingerprint density at radius 1 is 1.05 bits per heavy atom. The van der Waals surface area contributed by atoms with Crippen molar-refractivity contribution < 1.29 is 0 Å². The van der Waals surface area contributed by atoms with Crippen molar-refractivity contribution in [2.45, 2.75) is 57.2 Å². The third-order valence-electron chi connectivity index (χ3n) is 4.99. The van der Waals surface area contributed by atoms with Crippen molar-refractivity contribution >= 4 is 0 Å². The summed E-state index contributed by atoms with van der Waals surface area (Å²) in [5.41, 5.74) is 4.19. The molecule has 2 aromatic rings.